The summed E-state index contributed by atoms with van der Waals surface area (Å²) in [4.78, 5) is 44.2. The zero-order valence-corrected chi connectivity index (χ0v) is 19.1. The number of hydrogen-bond donors (Lipinski definition) is 1. The van der Waals surface area contributed by atoms with Crippen molar-refractivity contribution in [1.82, 2.24) is 29.8 Å². The van der Waals surface area contributed by atoms with Crippen LogP contribution in [0.3, 0.4) is 0 Å². The van der Waals surface area contributed by atoms with Crippen LogP contribution in [0.4, 0.5) is 0 Å². The van der Waals surface area contributed by atoms with Gasteiger partial charge in [0.25, 0.3) is 0 Å². The number of aromatic amines is 1. The van der Waals surface area contributed by atoms with E-state index in [1.165, 1.54) is 24.3 Å². The highest BCUT2D eigenvalue weighted by Crippen LogP contribution is 2.27. The fourth-order valence-electron chi connectivity index (χ4n) is 4.86. The van der Waals surface area contributed by atoms with E-state index in [9.17, 15) is 14.4 Å². The summed E-state index contributed by atoms with van der Waals surface area (Å²) in [5, 5.41) is 8.29. The Bertz CT molecular complexity index is 1000. The van der Waals surface area contributed by atoms with Crippen LogP contribution in [0.25, 0.3) is 5.69 Å². The van der Waals surface area contributed by atoms with E-state index in [-0.39, 0.29) is 35.8 Å². The lowest BCUT2D eigenvalue weighted by molar-refractivity contribution is -0.151. The number of piperidine rings is 1. The van der Waals surface area contributed by atoms with E-state index in [1.54, 1.807) is 23.5 Å². The molecule has 3 heterocycles. The Morgan fingerprint density at radius 3 is 2.64 bits per heavy atom. The highest BCUT2D eigenvalue weighted by Gasteiger charge is 2.34. The molecule has 178 valence electrons. The first-order valence-corrected chi connectivity index (χ1v) is 11.7. The summed E-state index contributed by atoms with van der Waals surface area (Å²) in [6.07, 6.45) is 11.8. The molecule has 1 saturated carbocycles. The molecule has 4 rings (SSSR count). The van der Waals surface area contributed by atoms with Crippen molar-refractivity contribution in [2.75, 3.05) is 26.7 Å². The molecule has 0 spiro atoms. The van der Waals surface area contributed by atoms with Crippen molar-refractivity contribution in [2.24, 2.45) is 5.92 Å². The van der Waals surface area contributed by atoms with E-state index >= 15 is 0 Å². The molecule has 2 aromatic rings. The number of ether oxygens (including phenoxy) is 1. The molecular formula is C23H32N6O4. The number of methoxy groups -OCH3 is 1. The van der Waals surface area contributed by atoms with Crippen LogP contribution in [0.1, 0.15) is 50.6 Å². The van der Waals surface area contributed by atoms with Crippen LogP contribution < -0.4 is 5.43 Å². The largest absolute Gasteiger partial charge is 0.468 e. The van der Waals surface area contributed by atoms with E-state index < -0.39 is 0 Å². The van der Waals surface area contributed by atoms with Gasteiger partial charge in [-0.05, 0) is 38.8 Å². The number of esters is 1. The van der Waals surface area contributed by atoms with Gasteiger partial charge < -0.3 is 14.6 Å². The minimum atomic E-state index is -0.355. The van der Waals surface area contributed by atoms with Crippen LogP contribution in [0.15, 0.2) is 29.5 Å². The molecule has 0 aromatic carbocycles. The summed E-state index contributed by atoms with van der Waals surface area (Å²) in [6.45, 7) is 2.19. The molecule has 1 amide bonds. The maximum Gasteiger partial charge on any atom is 0.325 e. The number of amides is 1. The summed E-state index contributed by atoms with van der Waals surface area (Å²) < 4.78 is 6.34. The third-order valence-electron chi connectivity index (χ3n) is 6.74. The first-order chi connectivity index (χ1) is 16.0. The Labute approximate surface area is 192 Å². The zero-order chi connectivity index (χ0) is 23.2. The van der Waals surface area contributed by atoms with Crippen molar-refractivity contribution in [2.45, 2.75) is 57.5 Å². The molecule has 1 saturated heterocycles. The topological polar surface area (TPSA) is 113 Å². The van der Waals surface area contributed by atoms with Crippen molar-refractivity contribution in [3.8, 4) is 5.69 Å². The Kier molecular flexibility index (Phi) is 7.54. The number of aromatic nitrogens is 4. The molecule has 0 bridgehead atoms. The standard InChI is InChI=1S/C23H32N6O4/c1-33-22(31)16-28(19-5-3-2-4-6-19)23(32)17-8-11-27(12-9-17)14-18-15-29(26-25-18)20-13-24-10-7-21(20)30/h7,10,13,15,17,19H,2-6,8-9,11-12,14,16H2,1H3,(H,24,30). The van der Waals surface area contributed by atoms with Gasteiger partial charge >= 0.3 is 5.97 Å². The van der Waals surface area contributed by atoms with Crippen molar-refractivity contribution in [3.63, 3.8) is 0 Å². The van der Waals surface area contributed by atoms with E-state index in [2.05, 4.69) is 20.2 Å². The number of carbonyl (C=O) groups is 2. The van der Waals surface area contributed by atoms with Gasteiger partial charge in [-0.2, -0.15) is 0 Å². The summed E-state index contributed by atoms with van der Waals surface area (Å²) in [5.74, 6) is -0.348. The molecular weight excluding hydrogens is 424 g/mol. The van der Waals surface area contributed by atoms with Gasteiger partial charge in [0.1, 0.15) is 12.2 Å². The molecule has 0 atom stereocenters. The molecule has 0 unspecified atom stereocenters. The van der Waals surface area contributed by atoms with Gasteiger partial charge in [0.2, 0.25) is 11.3 Å². The zero-order valence-electron chi connectivity index (χ0n) is 19.1. The maximum atomic E-state index is 13.3. The molecule has 2 fully saturated rings. The fourth-order valence-corrected chi connectivity index (χ4v) is 4.86. The Morgan fingerprint density at radius 1 is 1.18 bits per heavy atom. The van der Waals surface area contributed by atoms with Gasteiger partial charge in [-0.15, -0.1) is 5.10 Å². The van der Waals surface area contributed by atoms with E-state index in [0.29, 0.717) is 12.2 Å². The van der Waals surface area contributed by atoms with Gasteiger partial charge in [0.15, 0.2) is 0 Å². The first kappa shape index (κ1) is 23.2. The van der Waals surface area contributed by atoms with E-state index in [1.807, 2.05) is 0 Å². The molecule has 0 radical (unpaired) electrons. The van der Waals surface area contributed by atoms with Gasteiger partial charge in [0, 0.05) is 37.0 Å². The van der Waals surface area contributed by atoms with E-state index in [4.69, 9.17) is 4.74 Å². The first-order valence-electron chi connectivity index (χ1n) is 11.7. The maximum absolute atomic E-state index is 13.3. The van der Waals surface area contributed by atoms with Crippen LogP contribution in [-0.4, -0.2) is 74.4 Å². The smallest absolute Gasteiger partial charge is 0.325 e. The number of pyridine rings is 1. The van der Waals surface area contributed by atoms with Crippen molar-refractivity contribution < 1.29 is 14.3 Å². The molecule has 33 heavy (non-hydrogen) atoms. The van der Waals surface area contributed by atoms with Crippen LogP contribution in [-0.2, 0) is 20.9 Å². The normalized spacial score (nSPS) is 18.2. The summed E-state index contributed by atoms with van der Waals surface area (Å²) in [7, 11) is 1.37. The van der Waals surface area contributed by atoms with Crippen LogP contribution >= 0.6 is 0 Å². The highest BCUT2D eigenvalue weighted by atomic mass is 16.5. The number of nitrogens with one attached hydrogen (secondary N) is 1. The highest BCUT2D eigenvalue weighted by molar-refractivity contribution is 5.84. The second-order valence-corrected chi connectivity index (χ2v) is 8.93. The fraction of sp³-hybridized carbons (Fsp3) is 0.609. The lowest BCUT2D eigenvalue weighted by atomic mass is 9.90. The molecule has 2 aliphatic rings. The summed E-state index contributed by atoms with van der Waals surface area (Å²) in [6, 6.07) is 1.59. The SMILES string of the molecule is COC(=O)CN(C(=O)C1CCN(Cc2cn(-c3c[nH]ccc3=O)nn2)CC1)C1CCCCC1. The average Bonchev–Trinajstić information content (AvgIpc) is 3.31. The monoisotopic (exact) mass is 456 g/mol. The number of hydrogen-bond acceptors (Lipinski definition) is 7. The Balaban J connectivity index is 1.34. The Hall–Kier alpha value is -3.01. The number of likely N-dealkylation sites (tertiary alicyclic amines) is 1. The minimum Gasteiger partial charge on any atom is -0.468 e. The van der Waals surface area contributed by atoms with Gasteiger partial charge in [-0.25, -0.2) is 4.68 Å². The molecule has 10 nitrogen and oxygen atoms in total. The summed E-state index contributed by atoms with van der Waals surface area (Å²) >= 11 is 0. The molecule has 1 aliphatic carbocycles. The van der Waals surface area contributed by atoms with E-state index in [0.717, 1.165) is 57.3 Å². The van der Waals surface area contributed by atoms with Crippen molar-refractivity contribution in [1.29, 1.82) is 0 Å². The lowest BCUT2D eigenvalue weighted by Gasteiger charge is -2.38. The van der Waals surface area contributed by atoms with Crippen LogP contribution in [0, 0.1) is 5.92 Å². The number of H-pyrrole nitrogens is 1. The van der Waals surface area contributed by atoms with Crippen molar-refractivity contribution >= 4 is 11.9 Å². The van der Waals surface area contributed by atoms with Crippen LogP contribution in [0.2, 0.25) is 0 Å². The minimum absolute atomic E-state index is 0.0436. The molecule has 1 aliphatic heterocycles. The molecule has 10 heteroatoms. The average molecular weight is 457 g/mol. The third kappa shape index (κ3) is 5.68. The number of nitrogens with zero attached hydrogens (tertiary/aromatic N) is 5. The third-order valence-corrected chi connectivity index (χ3v) is 6.74. The predicted octanol–water partition coefficient (Wildman–Crippen LogP) is 1.50. The predicted molar refractivity (Wildman–Crippen MR) is 121 cm³/mol. The lowest BCUT2D eigenvalue weighted by Crippen LogP contribution is -2.49. The quantitative estimate of drug-likeness (QED) is 0.628. The molecule has 1 N–H and O–H groups in total. The number of carbonyl (C=O) groups excluding carboxylic acids is 2. The number of rotatable bonds is 7. The Morgan fingerprint density at radius 2 is 1.94 bits per heavy atom. The second-order valence-electron chi connectivity index (χ2n) is 8.93. The van der Waals surface area contributed by atoms with Gasteiger partial charge in [0.05, 0.1) is 19.0 Å². The summed E-state index contributed by atoms with van der Waals surface area (Å²) in [5.41, 5.74) is 1.07. The van der Waals surface area contributed by atoms with Gasteiger partial charge in [-0.3, -0.25) is 19.3 Å². The second kappa shape index (κ2) is 10.7. The van der Waals surface area contributed by atoms with Gasteiger partial charge in [-0.1, -0.05) is 24.5 Å². The van der Waals surface area contributed by atoms with Crippen LogP contribution in [0.5, 0.6) is 0 Å². The van der Waals surface area contributed by atoms with Crippen molar-refractivity contribution in [3.05, 3.63) is 40.6 Å². The molecule has 2 aromatic heterocycles.